The van der Waals surface area contributed by atoms with Gasteiger partial charge < -0.3 is 9.84 Å². The van der Waals surface area contributed by atoms with Crippen molar-refractivity contribution in [2.75, 3.05) is 0 Å². The summed E-state index contributed by atoms with van der Waals surface area (Å²) in [6.07, 6.45) is 9.34. The van der Waals surface area contributed by atoms with Crippen LogP contribution in [0.3, 0.4) is 0 Å². The fourth-order valence-corrected chi connectivity index (χ4v) is 1.88. The molecule has 88 valence electrons. The van der Waals surface area contributed by atoms with Crippen LogP contribution in [-0.2, 0) is 9.53 Å². The number of carboxylic acids is 1. The summed E-state index contributed by atoms with van der Waals surface area (Å²) in [6, 6.07) is 0. The molecule has 1 heterocycles. The van der Waals surface area contributed by atoms with Gasteiger partial charge in [0.15, 0.2) is 6.10 Å². The summed E-state index contributed by atoms with van der Waals surface area (Å²) in [5.74, 6) is -0.803. The molecular weight excluding hydrogens is 192 g/mol. The van der Waals surface area contributed by atoms with Crippen molar-refractivity contribution in [1.82, 2.24) is 0 Å². The predicted octanol–water partition coefficient (Wildman–Crippen LogP) is 2.98. The minimum absolute atomic E-state index is 0.0122. The zero-order valence-electron chi connectivity index (χ0n) is 9.58. The zero-order valence-corrected chi connectivity index (χ0v) is 9.58. The summed E-state index contributed by atoms with van der Waals surface area (Å²) in [5.41, 5.74) is 0. The SMILES string of the molecule is CCCCCCCCCC1O[C@H]1C(=O)O. The number of hydrogen-bond acceptors (Lipinski definition) is 2. The van der Waals surface area contributed by atoms with Gasteiger partial charge in [-0.15, -0.1) is 0 Å². The lowest BCUT2D eigenvalue weighted by Gasteiger charge is -1.99. The van der Waals surface area contributed by atoms with Gasteiger partial charge in [-0.2, -0.15) is 0 Å². The third-order valence-electron chi connectivity index (χ3n) is 2.92. The molecule has 3 heteroatoms. The van der Waals surface area contributed by atoms with E-state index in [1.54, 1.807) is 0 Å². The second-order valence-electron chi connectivity index (χ2n) is 4.34. The van der Waals surface area contributed by atoms with E-state index in [1.807, 2.05) is 0 Å². The Morgan fingerprint density at radius 1 is 1.13 bits per heavy atom. The Hall–Kier alpha value is -0.570. The van der Waals surface area contributed by atoms with Gasteiger partial charge in [-0.25, -0.2) is 4.79 Å². The number of hydrogen-bond donors (Lipinski definition) is 1. The van der Waals surface area contributed by atoms with Crippen molar-refractivity contribution >= 4 is 5.97 Å². The first-order valence-corrected chi connectivity index (χ1v) is 6.14. The molecule has 0 radical (unpaired) electrons. The number of carboxylic acid groups (broad SMARTS) is 1. The number of unbranched alkanes of at least 4 members (excludes halogenated alkanes) is 6. The second kappa shape index (κ2) is 6.83. The van der Waals surface area contributed by atoms with Crippen molar-refractivity contribution in [3.05, 3.63) is 0 Å². The fraction of sp³-hybridized carbons (Fsp3) is 0.917. The monoisotopic (exact) mass is 214 g/mol. The van der Waals surface area contributed by atoms with Gasteiger partial charge in [-0.3, -0.25) is 0 Å². The second-order valence-corrected chi connectivity index (χ2v) is 4.34. The summed E-state index contributed by atoms with van der Waals surface area (Å²) in [4.78, 5) is 10.5. The van der Waals surface area contributed by atoms with Gasteiger partial charge in [-0.05, 0) is 6.42 Å². The van der Waals surface area contributed by atoms with Crippen LogP contribution in [0.4, 0.5) is 0 Å². The van der Waals surface area contributed by atoms with E-state index < -0.39 is 12.1 Å². The maximum Gasteiger partial charge on any atom is 0.335 e. The quantitative estimate of drug-likeness (QED) is 0.474. The molecule has 0 aromatic heterocycles. The molecule has 1 unspecified atom stereocenters. The van der Waals surface area contributed by atoms with Crippen LogP contribution in [0, 0.1) is 0 Å². The zero-order chi connectivity index (χ0) is 11.1. The lowest BCUT2D eigenvalue weighted by atomic mass is 10.1. The molecule has 0 bridgehead atoms. The van der Waals surface area contributed by atoms with Gasteiger partial charge in [0.05, 0.1) is 6.10 Å². The maximum absolute atomic E-state index is 10.5. The summed E-state index contributed by atoms with van der Waals surface area (Å²) < 4.78 is 5.02. The fourth-order valence-electron chi connectivity index (χ4n) is 1.88. The van der Waals surface area contributed by atoms with Crippen molar-refractivity contribution in [3.63, 3.8) is 0 Å². The van der Waals surface area contributed by atoms with Crippen LogP contribution in [0.2, 0.25) is 0 Å². The average molecular weight is 214 g/mol. The van der Waals surface area contributed by atoms with Crippen LogP contribution in [0.15, 0.2) is 0 Å². The number of carbonyl (C=O) groups is 1. The summed E-state index contributed by atoms with van der Waals surface area (Å²) in [6.45, 7) is 2.22. The van der Waals surface area contributed by atoms with E-state index in [4.69, 9.17) is 9.84 Å². The van der Waals surface area contributed by atoms with Crippen LogP contribution in [0.25, 0.3) is 0 Å². The van der Waals surface area contributed by atoms with E-state index in [-0.39, 0.29) is 6.10 Å². The minimum atomic E-state index is -0.803. The van der Waals surface area contributed by atoms with Gasteiger partial charge in [0.2, 0.25) is 0 Å². The van der Waals surface area contributed by atoms with Crippen LogP contribution >= 0.6 is 0 Å². The standard InChI is InChI=1S/C12H22O3/c1-2-3-4-5-6-7-8-9-10-11(15-10)12(13)14/h10-11H,2-9H2,1H3,(H,13,14)/t10?,11-/m1/s1. The molecule has 0 spiro atoms. The lowest BCUT2D eigenvalue weighted by molar-refractivity contribution is -0.138. The molecule has 0 amide bonds. The number of ether oxygens (including phenoxy) is 1. The van der Waals surface area contributed by atoms with Gasteiger partial charge in [0.1, 0.15) is 0 Å². The molecule has 0 saturated carbocycles. The first-order chi connectivity index (χ1) is 7.25. The smallest absolute Gasteiger partial charge is 0.335 e. The van der Waals surface area contributed by atoms with E-state index in [1.165, 1.54) is 38.5 Å². The lowest BCUT2D eigenvalue weighted by Crippen LogP contribution is -2.07. The van der Waals surface area contributed by atoms with E-state index in [0.717, 1.165) is 12.8 Å². The topological polar surface area (TPSA) is 49.8 Å². The van der Waals surface area contributed by atoms with Crippen molar-refractivity contribution < 1.29 is 14.6 Å². The molecule has 1 aliphatic heterocycles. The largest absolute Gasteiger partial charge is 0.479 e. The molecule has 2 atom stereocenters. The molecule has 0 aliphatic carbocycles. The van der Waals surface area contributed by atoms with E-state index in [0.29, 0.717) is 0 Å². The van der Waals surface area contributed by atoms with Crippen molar-refractivity contribution in [2.24, 2.45) is 0 Å². The Morgan fingerprint density at radius 3 is 2.27 bits per heavy atom. The molecule has 0 aromatic rings. The first-order valence-electron chi connectivity index (χ1n) is 6.14. The highest BCUT2D eigenvalue weighted by Gasteiger charge is 2.44. The third kappa shape index (κ3) is 5.17. The molecule has 1 fully saturated rings. The molecule has 1 saturated heterocycles. The summed E-state index contributed by atoms with van der Waals surface area (Å²) in [7, 11) is 0. The first kappa shape index (κ1) is 12.5. The Labute approximate surface area is 91.8 Å². The normalized spacial score (nSPS) is 24.1. The van der Waals surface area contributed by atoms with Gasteiger partial charge in [0.25, 0.3) is 0 Å². The highest BCUT2D eigenvalue weighted by molar-refractivity contribution is 5.75. The van der Waals surface area contributed by atoms with E-state index in [2.05, 4.69) is 6.92 Å². The van der Waals surface area contributed by atoms with Crippen LogP contribution in [0.1, 0.15) is 58.3 Å². The van der Waals surface area contributed by atoms with Gasteiger partial charge in [-0.1, -0.05) is 51.9 Å². The molecule has 3 nitrogen and oxygen atoms in total. The molecule has 1 N–H and O–H groups in total. The minimum Gasteiger partial charge on any atom is -0.479 e. The Balaban J connectivity index is 1.80. The van der Waals surface area contributed by atoms with Crippen LogP contribution < -0.4 is 0 Å². The van der Waals surface area contributed by atoms with Crippen molar-refractivity contribution in [3.8, 4) is 0 Å². The summed E-state index contributed by atoms with van der Waals surface area (Å²) in [5, 5.41) is 8.60. The summed E-state index contributed by atoms with van der Waals surface area (Å²) >= 11 is 0. The van der Waals surface area contributed by atoms with E-state index >= 15 is 0 Å². The van der Waals surface area contributed by atoms with Crippen LogP contribution in [0.5, 0.6) is 0 Å². The Morgan fingerprint density at radius 2 is 1.73 bits per heavy atom. The highest BCUT2D eigenvalue weighted by atomic mass is 16.6. The third-order valence-corrected chi connectivity index (χ3v) is 2.92. The van der Waals surface area contributed by atoms with Gasteiger partial charge >= 0.3 is 5.97 Å². The van der Waals surface area contributed by atoms with E-state index in [9.17, 15) is 4.79 Å². The number of aliphatic carboxylic acids is 1. The molecule has 15 heavy (non-hydrogen) atoms. The molecular formula is C12H22O3. The van der Waals surface area contributed by atoms with Gasteiger partial charge in [0, 0.05) is 0 Å². The number of epoxide rings is 1. The van der Waals surface area contributed by atoms with Crippen molar-refractivity contribution in [2.45, 2.75) is 70.5 Å². The van der Waals surface area contributed by atoms with Crippen molar-refractivity contribution in [1.29, 1.82) is 0 Å². The predicted molar refractivity (Wildman–Crippen MR) is 58.9 cm³/mol. The Kier molecular flexibility index (Phi) is 5.69. The highest BCUT2D eigenvalue weighted by Crippen LogP contribution is 2.27. The van der Waals surface area contributed by atoms with Crippen LogP contribution in [-0.4, -0.2) is 23.3 Å². The average Bonchev–Trinajstić information content (AvgIpc) is 2.96. The number of rotatable bonds is 9. The molecule has 0 aromatic carbocycles. The Bertz CT molecular complexity index is 191. The maximum atomic E-state index is 10.5. The molecule has 1 rings (SSSR count). The molecule has 1 aliphatic rings.